The van der Waals surface area contributed by atoms with E-state index in [1.807, 2.05) is 41.9 Å². The summed E-state index contributed by atoms with van der Waals surface area (Å²) < 4.78 is 17.8. The number of hydrogen-bond donors (Lipinski definition) is 1. The molecule has 1 aromatic heterocycles. The van der Waals surface area contributed by atoms with Gasteiger partial charge in [-0.25, -0.2) is 9.48 Å². The molecule has 0 bridgehead atoms. The molecule has 4 rings (SSSR count). The fourth-order valence-corrected chi connectivity index (χ4v) is 4.55. The molecule has 1 heterocycles. The van der Waals surface area contributed by atoms with Gasteiger partial charge in [0.25, 0.3) is 0 Å². The SMILES string of the molecule is COc1ccc(-n2nc(C(C)(O)CCCOC(=O)OC3CCCCC3)cc2-c2ccc(C)cc2)cc1. The number of ether oxygens (including phenoxy) is 3. The first-order valence-corrected chi connectivity index (χ1v) is 12.7. The molecule has 2 aromatic carbocycles. The van der Waals surface area contributed by atoms with Gasteiger partial charge in [-0.2, -0.15) is 5.10 Å². The molecule has 0 radical (unpaired) electrons. The van der Waals surface area contributed by atoms with E-state index in [1.54, 1.807) is 14.0 Å². The third kappa shape index (κ3) is 6.46. The number of carbonyl (C=O) groups excluding carboxylic acids is 1. The van der Waals surface area contributed by atoms with Crippen molar-refractivity contribution in [3.63, 3.8) is 0 Å². The Hall–Kier alpha value is -3.32. The molecule has 1 unspecified atom stereocenters. The number of aryl methyl sites for hydroxylation is 1. The van der Waals surface area contributed by atoms with Gasteiger partial charge in [0.05, 0.1) is 30.8 Å². The van der Waals surface area contributed by atoms with Gasteiger partial charge in [0.1, 0.15) is 17.5 Å². The Kier molecular flexibility index (Phi) is 8.31. The van der Waals surface area contributed by atoms with Gasteiger partial charge in [0.15, 0.2) is 0 Å². The third-order valence-electron chi connectivity index (χ3n) is 6.77. The highest BCUT2D eigenvalue weighted by Gasteiger charge is 2.28. The van der Waals surface area contributed by atoms with Crippen LogP contribution in [0.5, 0.6) is 5.75 Å². The lowest BCUT2D eigenvalue weighted by Crippen LogP contribution is -2.24. The Balaban J connectivity index is 1.45. The molecule has 1 N–H and O–H groups in total. The quantitative estimate of drug-likeness (QED) is 0.278. The summed E-state index contributed by atoms with van der Waals surface area (Å²) in [4.78, 5) is 12.0. The average Bonchev–Trinajstić information content (AvgIpc) is 3.34. The molecule has 0 saturated heterocycles. The maximum atomic E-state index is 12.0. The Morgan fingerprint density at radius 1 is 1.08 bits per heavy atom. The lowest BCUT2D eigenvalue weighted by Gasteiger charge is -2.22. The van der Waals surface area contributed by atoms with E-state index in [0.717, 1.165) is 48.4 Å². The van der Waals surface area contributed by atoms with Gasteiger partial charge >= 0.3 is 6.16 Å². The van der Waals surface area contributed by atoms with Crippen molar-refractivity contribution in [3.8, 4) is 22.7 Å². The molecule has 1 fully saturated rings. The molecule has 1 aliphatic rings. The van der Waals surface area contributed by atoms with Crippen LogP contribution in [-0.2, 0) is 15.1 Å². The highest BCUT2D eigenvalue weighted by Crippen LogP contribution is 2.32. The Bertz CT molecular complexity index is 1130. The van der Waals surface area contributed by atoms with Crippen molar-refractivity contribution in [2.75, 3.05) is 13.7 Å². The van der Waals surface area contributed by atoms with Crippen LogP contribution in [0.1, 0.15) is 63.1 Å². The molecule has 7 nitrogen and oxygen atoms in total. The van der Waals surface area contributed by atoms with E-state index in [-0.39, 0.29) is 12.7 Å². The maximum absolute atomic E-state index is 12.0. The molecular formula is C29H36N2O5. The minimum Gasteiger partial charge on any atom is -0.497 e. The Labute approximate surface area is 213 Å². The number of nitrogens with zero attached hydrogens (tertiary/aromatic N) is 2. The summed E-state index contributed by atoms with van der Waals surface area (Å²) in [5, 5.41) is 16.1. The van der Waals surface area contributed by atoms with E-state index in [2.05, 4.69) is 24.3 Å². The second-order valence-corrected chi connectivity index (χ2v) is 9.74. The summed E-state index contributed by atoms with van der Waals surface area (Å²) in [7, 11) is 1.63. The molecule has 1 atom stereocenters. The summed E-state index contributed by atoms with van der Waals surface area (Å²) >= 11 is 0. The van der Waals surface area contributed by atoms with Crippen molar-refractivity contribution in [2.45, 2.75) is 70.5 Å². The Morgan fingerprint density at radius 2 is 1.78 bits per heavy atom. The summed E-state index contributed by atoms with van der Waals surface area (Å²) in [6.07, 6.45) is 5.42. The topological polar surface area (TPSA) is 82.8 Å². The number of benzene rings is 2. The van der Waals surface area contributed by atoms with Crippen LogP contribution in [0.2, 0.25) is 0 Å². The zero-order chi connectivity index (χ0) is 25.5. The predicted octanol–water partition coefficient (Wildman–Crippen LogP) is 6.33. The second kappa shape index (κ2) is 11.6. The van der Waals surface area contributed by atoms with Crippen LogP contribution < -0.4 is 4.74 Å². The molecule has 0 aliphatic heterocycles. The van der Waals surface area contributed by atoms with Crippen LogP contribution in [0, 0.1) is 6.92 Å². The fraction of sp³-hybridized carbons (Fsp3) is 0.448. The molecule has 0 spiro atoms. The largest absolute Gasteiger partial charge is 0.508 e. The smallest absolute Gasteiger partial charge is 0.497 e. The molecule has 0 amide bonds. The van der Waals surface area contributed by atoms with Crippen molar-refractivity contribution in [1.82, 2.24) is 9.78 Å². The molecule has 1 saturated carbocycles. The van der Waals surface area contributed by atoms with E-state index in [1.165, 1.54) is 12.0 Å². The van der Waals surface area contributed by atoms with Gasteiger partial charge in [-0.1, -0.05) is 36.2 Å². The molecule has 3 aromatic rings. The van der Waals surface area contributed by atoms with Crippen LogP contribution in [0.3, 0.4) is 0 Å². The summed E-state index contributed by atoms with van der Waals surface area (Å²) in [5.41, 5.74) is 3.26. The normalized spacial score (nSPS) is 15.8. The van der Waals surface area contributed by atoms with Crippen LogP contribution in [0.25, 0.3) is 16.9 Å². The number of carbonyl (C=O) groups is 1. The lowest BCUT2D eigenvalue weighted by molar-refractivity contribution is 0.00126. The lowest BCUT2D eigenvalue weighted by atomic mass is 9.95. The third-order valence-corrected chi connectivity index (χ3v) is 6.77. The average molecular weight is 493 g/mol. The number of aliphatic hydroxyl groups is 1. The van der Waals surface area contributed by atoms with Crippen LogP contribution >= 0.6 is 0 Å². The Morgan fingerprint density at radius 3 is 2.44 bits per heavy atom. The van der Waals surface area contributed by atoms with E-state index in [0.29, 0.717) is 18.5 Å². The predicted molar refractivity (Wildman–Crippen MR) is 138 cm³/mol. The minimum atomic E-state index is -1.20. The van der Waals surface area contributed by atoms with Gasteiger partial charge in [0, 0.05) is 5.56 Å². The first kappa shape index (κ1) is 25.8. The van der Waals surface area contributed by atoms with Gasteiger partial charge in [-0.05, 0) is 82.7 Å². The van der Waals surface area contributed by atoms with Crippen molar-refractivity contribution < 1.29 is 24.1 Å². The monoisotopic (exact) mass is 492 g/mol. The molecular weight excluding hydrogens is 456 g/mol. The number of rotatable bonds is 9. The van der Waals surface area contributed by atoms with Crippen molar-refractivity contribution in [3.05, 3.63) is 65.9 Å². The van der Waals surface area contributed by atoms with Gasteiger partial charge in [-0.15, -0.1) is 0 Å². The van der Waals surface area contributed by atoms with Crippen LogP contribution in [0.4, 0.5) is 4.79 Å². The number of aromatic nitrogens is 2. The first-order valence-electron chi connectivity index (χ1n) is 12.7. The van der Waals surface area contributed by atoms with Crippen molar-refractivity contribution >= 4 is 6.16 Å². The zero-order valence-electron chi connectivity index (χ0n) is 21.4. The van der Waals surface area contributed by atoms with Crippen molar-refractivity contribution in [1.29, 1.82) is 0 Å². The molecule has 7 heteroatoms. The first-order chi connectivity index (χ1) is 17.4. The van der Waals surface area contributed by atoms with Gasteiger partial charge < -0.3 is 19.3 Å². The van der Waals surface area contributed by atoms with E-state index in [4.69, 9.17) is 19.3 Å². The van der Waals surface area contributed by atoms with Crippen LogP contribution in [0.15, 0.2) is 54.6 Å². The number of methoxy groups -OCH3 is 1. The summed E-state index contributed by atoms with van der Waals surface area (Å²) in [6.45, 7) is 3.98. The summed E-state index contributed by atoms with van der Waals surface area (Å²) in [5.74, 6) is 0.761. The molecule has 1 aliphatic carbocycles. The zero-order valence-corrected chi connectivity index (χ0v) is 21.4. The number of hydrogen-bond acceptors (Lipinski definition) is 6. The standard InChI is InChI=1S/C29H36N2O5/c1-21-10-12-22(13-11-21)26-20-27(30-31(26)23-14-16-24(34-3)17-15-23)29(2,33)18-7-19-35-28(32)36-25-8-5-4-6-9-25/h10-17,20,25,33H,4-9,18-19H2,1-3H3. The summed E-state index contributed by atoms with van der Waals surface area (Å²) in [6, 6.07) is 17.8. The van der Waals surface area contributed by atoms with Gasteiger partial charge in [0.2, 0.25) is 0 Å². The van der Waals surface area contributed by atoms with E-state index < -0.39 is 11.8 Å². The highest BCUT2D eigenvalue weighted by molar-refractivity contribution is 5.63. The van der Waals surface area contributed by atoms with E-state index >= 15 is 0 Å². The molecule has 36 heavy (non-hydrogen) atoms. The van der Waals surface area contributed by atoms with Gasteiger partial charge in [-0.3, -0.25) is 0 Å². The fourth-order valence-electron chi connectivity index (χ4n) is 4.55. The van der Waals surface area contributed by atoms with Crippen molar-refractivity contribution in [2.24, 2.45) is 0 Å². The van der Waals surface area contributed by atoms with Crippen LogP contribution in [-0.4, -0.2) is 40.9 Å². The van der Waals surface area contributed by atoms with E-state index in [9.17, 15) is 9.90 Å². The highest BCUT2D eigenvalue weighted by atomic mass is 16.7. The maximum Gasteiger partial charge on any atom is 0.508 e. The second-order valence-electron chi connectivity index (χ2n) is 9.74. The molecule has 192 valence electrons. The minimum absolute atomic E-state index is 0.0310.